The summed E-state index contributed by atoms with van der Waals surface area (Å²) >= 11 is 13.1. The molecule has 1 aromatic carbocycles. The second-order valence-corrected chi connectivity index (χ2v) is 6.59. The molecule has 2 aromatic rings. The first kappa shape index (κ1) is 14.9. The van der Waals surface area contributed by atoms with Crippen LogP contribution in [0.4, 0.5) is 5.69 Å². The Morgan fingerprint density at radius 2 is 1.86 bits per heavy atom. The number of fused-ring (bicyclic) bond motifs is 1. The second kappa shape index (κ2) is 6.42. The third-order valence-corrected chi connectivity index (χ3v) is 4.40. The maximum absolute atomic E-state index is 6.25. The molecule has 0 saturated carbocycles. The molecule has 0 amide bonds. The SMILES string of the molecule is Clc1cc2c(cc1NCc1ncc(Br)cc1Br)OCCO2. The molecule has 0 aliphatic carbocycles. The van der Waals surface area contributed by atoms with E-state index in [2.05, 4.69) is 42.2 Å². The van der Waals surface area contributed by atoms with Crippen LogP contribution in [0.5, 0.6) is 11.5 Å². The van der Waals surface area contributed by atoms with Crippen LogP contribution in [0.1, 0.15) is 5.69 Å². The van der Waals surface area contributed by atoms with E-state index in [1.54, 1.807) is 12.3 Å². The van der Waals surface area contributed by atoms with Gasteiger partial charge >= 0.3 is 0 Å². The van der Waals surface area contributed by atoms with Gasteiger partial charge in [0, 0.05) is 27.3 Å². The highest BCUT2D eigenvalue weighted by molar-refractivity contribution is 9.11. The lowest BCUT2D eigenvalue weighted by Crippen LogP contribution is -2.15. The molecule has 0 atom stereocenters. The van der Waals surface area contributed by atoms with Gasteiger partial charge in [0.15, 0.2) is 11.5 Å². The average Bonchev–Trinajstić information content (AvgIpc) is 2.46. The van der Waals surface area contributed by atoms with E-state index in [1.807, 2.05) is 12.1 Å². The standard InChI is InChI=1S/C14H11Br2ClN2O2/c15-8-3-9(16)12(18-6-8)7-19-11-5-14-13(4-10(11)17)20-1-2-21-14/h3-6,19H,1-2,7H2. The minimum absolute atomic E-state index is 0.547. The van der Waals surface area contributed by atoms with E-state index in [1.165, 1.54) is 0 Å². The van der Waals surface area contributed by atoms with Gasteiger partial charge < -0.3 is 14.8 Å². The smallest absolute Gasteiger partial charge is 0.163 e. The largest absolute Gasteiger partial charge is 0.486 e. The number of nitrogens with one attached hydrogen (secondary N) is 1. The van der Waals surface area contributed by atoms with E-state index >= 15 is 0 Å². The Morgan fingerprint density at radius 1 is 1.14 bits per heavy atom. The first-order chi connectivity index (χ1) is 10.1. The van der Waals surface area contributed by atoms with Gasteiger partial charge in [-0.3, -0.25) is 4.98 Å². The minimum Gasteiger partial charge on any atom is -0.486 e. The monoisotopic (exact) mass is 432 g/mol. The molecular formula is C14H11Br2ClN2O2. The van der Waals surface area contributed by atoms with Gasteiger partial charge in [0.25, 0.3) is 0 Å². The van der Waals surface area contributed by atoms with Crippen molar-refractivity contribution in [3.05, 3.63) is 44.1 Å². The fraction of sp³-hybridized carbons (Fsp3) is 0.214. The van der Waals surface area contributed by atoms with Crippen LogP contribution in [-0.2, 0) is 6.54 Å². The quantitative estimate of drug-likeness (QED) is 0.764. The Labute approximate surface area is 144 Å². The summed E-state index contributed by atoms with van der Waals surface area (Å²) in [4.78, 5) is 4.35. The van der Waals surface area contributed by atoms with Crippen LogP contribution in [0.2, 0.25) is 5.02 Å². The molecule has 110 valence electrons. The van der Waals surface area contributed by atoms with Crippen molar-refractivity contribution in [2.24, 2.45) is 0 Å². The third-order valence-electron chi connectivity index (χ3n) is 2.96. The van der Waals surface area contributed by atoms with Gasteiger partial charge in [0.1, 0.15) is 13.2 Å². The summed E-state index contributed by atoms with van der Waals surface area (Å²) in [6.45, 7) is 1.65. The zero-order chi connectivity index (χ0) is 14.8. The summed E-state index contributed by atoms with van der Waals surface area (Å²) in [5, 5.41) is 3.85. The molecular weight excluding hydrogens is 423 g/mol. The molecule has 1 aromatic heterocycles. The molecule has 21 heavy (non-hydrogen) atoms. The highest BCUT2D eigenvalue weighted by Crippen LogP contribution is 2.38. The van der Waals surface area contributed by atoms with Gasteiger partial charge in [-0.15, -0.1) is 0 Å². The Hall–Kier alpha value is -0.980. The second-order valence-electron chi connectivity index (χ2n) is 4.41. The molecule has 1 aliphatic rings. The fourth-order valence-corrected chi connectivity index (χ4v) is 3.30. The van der Waals surface area contributed by atoms with Crippen molar-refractivity contribution in [3.63, 3.8) is 0 Å². The van der Waals surface area contributed by atoms with Gasteiger partial charge in [-0.05, 0) is 37.9 Å². The molecule has 0 saturated heterocycles. The number of ether oxygens (including phenoxy) is 2. The van der Waals surface area contributed by atoms with Gasteiger partial charge in [-0.25, -0.2) is 0 Å². The fourth-order valence-electron chi connectivity index (χ4n) is 1.95. The van der Waals surface area contributed by atoms with E-state index in [4.69, 9.17) is 21.1 Å². The molecule has 2 heterocycles. The summed E-state index contributed by atoms with van der Waals surface area (Å²) < 4.78 is 12.9. The Kier molecular flexibility index (Phi) is 4.57. The van der Waals surface area contributed by atoms with Gasteiger partial charge in [0.2, 0.25) is 0 Å². The summed E-state index contributed by atoms with van der Waals surface area (Å²) in [5.74, 6) is 1.38. The van der Waals surface area contributed by atoms with E-state index in [-0.39, 0.29) is 0 Å². The first-order valence-corrected chi connectivity index (χ1v) is 8.23. The molecule has 0 radical (unpaired) electrons. The zero-order valence-electron chi connectivity index (χ0n) is 10.8. The summed E-state index contributed by atoms with van der Waals surface area (Å²) in [6, 6.07) is 5.57. The maximum Gasteiger partial charge on any atom is 0.163 e. The van der Waals surface area contributed by atoms with Crippen LogP contribution >= 0.6 is 43.5 Å². The topological polar surface area (TPSA) is 43.4 Å². The zero-order valence-corrected chi connectivity index (χ0v) is 14.8. The first-order valence-electron chi connectivity index (χ1n) is 6.26. The van der Waals surface area contributed by atoms with Crippen LogP contribution in [0.3, 0.4) is 0 Å². The van der Waals surface area contributed by atoms with Crippen molar-refractivity contribution in [1.82, 2.24) is 4.98 Å². The number of aromatic nitrogens is 1. The summed E-state index contributed by atoms with van der Waals surface area (Å²) in [7, 11) is 0. The van der Waals surface area contributed by atoms with E-state index in [0.717, 1.165) is 20.3 Å². The van der Waals surface area contributed by atoms with E-state index in [0.29, 0.717) is 36.3 Å². The van der Waals surface area contributed by atoms with Crippen LogP contribution in [0.15, 0.2) is 33.3 Å². The lowest BCUT2D eigenvalue weighted by atomic mass is 10.2. The summed E-state index contributed by atoms with van der Waals surface area (Å²) in [6.07, 6.45) is 1.76. The molecule has 1 aliphatic heterocycles. The Balaban J connectivity index is 1.78. The van der Waals surface area contributed by atoms with E-state index in [9.17, 15) is 0 Å². The van der Waals surface area contributed by atoms with Crippen molar-refractivity contribution in [3.8, 4) is 11.5 Å². The lowest BCUT2D eigenvalue weighted by Gasteiger charge is -2.20. The highest BCUT2D eigenvalue weighted by Gasteiger charge is 2.15. The van der Waals surface area contributed by atoms with Gasteiger partial charge in [-0.1, -0.05) is 11.6 Å². The minimum atomic E-state index is 0.547. The van der Waals surface area contributed by atoms with Crippen molar-refractivity contribution >= 4 is 49.1 Å². The highest BCUT2D eigenvalue weighted by atomic mass is 79.9. The number of nitrogens with zero attached hydrogens (tertiary/aromatic N) is 1. The number of halogens is 3. The van der Waals surface area contributed by atoms with E-state index < -0.39 is 0 Å². The number of benzene rings is 1. The number of pyridine rings is 1. The van der Waals surface area contributed by atoms with Crippen LogP contribution < -0.4 is 14.8 Å². The van der Waals surface area contributed by atoms with Crippen molar-refractivity contribution in [2.45, 2.75) is 6.54 Å². The molecule has 0 fully saturated rings. The number of hydrogen-bond acceptors (Lipinski definition) is 4. The molecule has 0 spiro atoms. The predicted octanol–water partition coefficient (Wildman–Crippen LogP) is 4.64. The predicted molar refractivity (Wildman–Crippen MR) is 89.4 cm³/mol. The number of hydrogen-bond donors (Lipinski definition) is 1. The maximum atomic E-state index is 6.25. The average molecular weight is 435 g/mol. The summed E-state index contributed by atoms with van der Waals surface area (Å²) in [5.41, 5.74) is 1.68. The van der Waals surface area contributed by atoms with Crippen LogP contribution in [0.25, 0.3) is 0 Å². The number of rotatable bonds is 3. The molecule has 0 unspecified atom stereocenters. The molecule has 4 nitrogen and oxygen atoms in total. The number of anilines is 1. The van der Waals surface area contributed by atoms with Gasteiger partial charge in [0.05, 0.1) is 22.9 Å². The normalized spacial score (nSPS) is 13.1. The van der Waals surface area contributed by atoms with Crippen LogP contribution in [0, 0.1) is 0 Å². The van der Waals surface area contributed by atoms with Crippen LogP contribution in [-0.4, -0.2) is 18.2 Å². The lowest BCUT2D eigenvalue weighted by molar-refractivity contribution is 0.171. The van der Waals surface area contributed by atoms with Gasteiger partial charge in [-0.2, -0.15) is 0 Å². The van der Waals surface area contributed by atoms with Crippen molar-refractivity contribution < 1.29 is 9.47 Å². The molecule has 1 N–H and O–H groups in total. The Morgan fingerprint density at radius 3 is 2.57 bits per heavy atom. The Bertz CT molecular complexity index is 682. The van der Waals surface area contributed by atoms with Crippen molar-refractivity contribution in [2.75, 3.05) is 18.5 Å². The molecule has 7 heteroatoms. The third kappa shape index (κ3) is 3.44. The van der Waals surface area contributed by atoms with Crippen molar-refractivity contribution in [1.29, 1.82) is 0 Å². The molecule has 0 bridgehead atoms. The molecule has 3 rings (SSSR count).